The maximum Gasteiger partial charge on any atom is 0.239 e. The summed E-state index contributed by atoms with van der Waals surface area (Å²) in [5.74, 6) is 1.96. The summed E-state index contributed by atoms with van der Waals surface area (Å²) in [4.78, 5) is 21.9. The van der Waals surface area contributed by atoms with Crippen LogP contribution in [0.25, 0.3) is 0 Å². The van der Waals surface area contributed by atoms with Gasteiger partial charge in [0.2, 0.25) is 5.91 Å². The first kappa shape index (κ1) is 15.1. The lowest BCUT2D eigenvalue weighted by atomic mass is 10.00. The molecular formula is C19H27N3O. The SMILES string of the molecule is O=C([C@@H]1CCCCN1Cc1cccnc1)N1C[C@H]2CCC[C@@H]2C1. The molecule has 0 radical (unpaired) electrons. The monoisotopic (exact) mass is 313 g/mol. The van der Waals surface area contributed by atoms with Crippen molar-refractivity contribution in [1.82, 2.24) is 14.8 Å². The van der Waals surface area contributed by atoms with Gasteiger partial charge in [0.15, 0.2) is 0 Å². The smallest absolute Gasteiger partial charge is 0.239 e. The van der Waals surface area contributed by atoms with Crippen LogP contribution in [0.2, 0.25) is 0 Å². The molecule has 1 amide bonds. The van der Waals surface area contributed by atoms with Gasteiger partial charge in [-0.25, -0.2) is 0 Å². The maximum atomic E-state index is 13.1. The van der Waals surface area contributed by atoms with E-state index in [4.69, 9.17) is 0 Å². The Morgan fingerprint density at radius 2 is 1.96 bits per heavy atom. The van der Waals surface area contributed by atoms with Crippen LogP contribution >= 0.6 is 0 Å². The van der Waals surface area contributed by atoms with E-state index < -0.39 is 0 Å². The van der Waals surface area contributed by atoms with E-state index in [-0.39, 0.29) is 6.04 Å². The third kappa shape index (κ3) is 3.14. The van der Waals surface area contributed by atoms with E-state index in [2.05, 4.69) is 20.9 Å². The molecule has 124 valence electrons. The van der Waals surface area contributed by atoms with Gasteiger partial charge in [0, 0.05) is 32.0 Å². The topological polar surface area (TPSA) is 36.4 Å². The second kappa shape index (κ2) is 6.60. The van der Waals surface area contributed by atoms with E-state index >= 15 is 0 Å². The zero-order valence-electron chi connectivity index (χ0n) is 13.9. The Morgan fingerprint density at radius 1 is 1.13 bits per heavy atom. The summed E-state index contributed by atoms with van der Waals surface area (Å²) in [6.45, 7) is 3.92. The Balaban J connectivity index is 1.43. The summed E-state index contributed by atoms with van der Waals surface area (Å²) in [5, 5.41) is 0. The number of hydrogen-bond donors (Lipinski definition) is 0. The average molecular weight is 313 g/mol. The van der Waals surface area contributed by atoms with Crippen molar-refractivity contribution in [1.29, 1.82) is 0 Å². The third-order valence-corrected chi connectivity index (χ3v) is 6.05. The van der Waals surface area contributed by atoms with Gasteiger partial charge in [0.1, 0.15) is 0 Å². The number of carbonyl (C=O) groups is 1. The number of carbonyl (C=O) groups excluding carboxylic acids is 1. The van der Waals surface area contributed by atoms with Crippen LogP contribution in [0.5, 0.6) is 0 Å². The number of pyridine rings is 1. The molecule has 4 heteroatoms. The van der Waals surface area contributed by atoms with Gasteiger partial charge in [-0.3, -0.25) is 14.7 Å². The molecule has 0 N–H and O–H groups in total. The number of hydrogen-bond acceptors (Lipinski definition) is 3. The van der Waals surface area contributed by atoms with Gasteiger partial charge in [-0.15, -0.1) is 0 Å². The fourth-order valence-corrected chi connectivity index (χ4v) is 4.81. The molecule has 3 atom stereocenters. The summed E-state index contributed by atoms with van der Waals surface area (Å²) in [6.07, 6.45) is 11.2. The Hall–Kier alpha value is -1.42. The van der Waals surface area contributed by atoms with Crippen LogP contribution in [-0.2, 0) is 11.3 Å². The lowest BCUT2D eigenvalue weighted by molar-refractivity contribution is -0.137. The lowest BCUT2D eigenvalue weighted by Crippen LogP contribution is -2.50. The molecule has 1 aromatic heterocycles. The number of nitrogens with zero attached hydrogens (tertiary/aromatic N) is 3. The van der Waals surface area contributed by atoms with Crippen LogP contribution in [0, 0.1) is 11.8 Å². The predicted molar refractivity (Wildman–Crippen MR) is 89.7 cm³/mol. The quantitative estimate of drug-likeness (QED) is 0.861. The van der Waals surface area contributed by atoms with Crippen molar-refractivity contribution in [3.63, 3.8) is 0 Å². The lowest BCUT2D eigenvalue weighted by Gasteiger charge is -2.37. The number of amides is 1. The van der Waals surface area contributed by atoms with Gasteiger partial charge in [0.05, 0.1) is 6.04 Å². The van der Waals surface area contributed by atoms with Crippen LogP contribution in [0.3, 0.4) is 0 Å². The minimum atomic E-state index is 0.0859. The van der Waals surface area contributed by atoms with E-state index in [0.717, 1.165) is 44.4 Å². The van der Waals surface area contributed by atoms with Gasteiger partial charge >= 0.3 is 0 Å². The molecule has 3 fully saturated rings. The number of fused-ring (bicyclic) bond motifs is 1. The zero-order valence-corrected chi connectivity index (χ0v) is 13.9. The fraction of sp³-hybridized carbons (Fsp3) is 0.684. The average Bonchev–Trinajstić information content (AvgIpc) is 3.17. The second-order valence-corrected chi connectivity index (χ2v) is 7.54. The Morgan fingerprint density at radius 3 is 2.70 bits per heavy atom. The Kier molecular flexibility index (Phi) is 4.34. The van der Waals surface area contributed by atoms with Crippen molar-refractivity contribution >= 4 is 5.91 Å². The number of rotatable bonds is 3. The van der Waals surface area contributed by atoms with Crippen LogP contribution in [0.4, 0.5) is 0 Å². The number of aromatic nitrogens is 1. The first-order chi connectivity index (χ1) is 11.3. The van der Waals surface area contributed by atoms with Crippen LogP contribution in [0.1, 0.15) is 44.1 Å². The fourth-order valence-electron chi connectivity index (χ4n) is 4.81. The number of piperidine rings is 1. The van der Waals surface area contributed by atoms with Crippen molar-refractivity contribution < 1.29 is 4.79 Å². The zero-order chi connectivity index (χ0) is 15.6. The van der Waals surface area contributed by atoms with Crippen LogP contribution in [-0.4, -0.2) is 46.4 Å². The predicted octanol–water partition coefficient (Wildman–Crippen LogP) is 2.69. The molecule has 3 heterocycles. The van der Waals surface area contributed by atoms with Gasteiger partial charge < -0.3 is 4.90 Å². The molecule has 0 unspecified atom stereocenters. The van der Waals surface area contributed by atoms with Crippen LogP contribution in [0.15, 0.2) is 24.5 Å². The van der Waals surface area contributed by atoms with Crippen molar-refractivity contribution in [3.8, 4) is 0 Å². The molecule has 1 aliphatic carbocycles. The molecule has 2 aliphatic heterocycles. The second-order valence-electron chi connectivity index (χ2n) is 7.54. The molecule has 0 bridgehead atoms. The molecule has 3 aliphatic rings. The Bertz CT molecular complexity index is 535. The van der Waals surface area contributed by atoms with Gasteiger partial charge in [-0.1, -0.05) is 18.9 Å². The summed E-state index contributed by atoms with van der Waals surface area (Å²) in [6, 6.07) is 4.18. The standard InChI is InChI=1S/C19H27N3O/c23-19(22-13-16-6-3-7-17(16)14-22)18-8-1-2-10-21(18)12-15-5-4-9-20-11-15/h4-5,9,11,16-18H,1-3,6-8,10,12-14H2/t16-,17-,18+/m1/s1. The highest BCUT2D eigenvalue weighted by molar-refractivity contribution is 5.82. The molecule has 0 spiro atoms. The Labute approximate surface area is 138 Å². The first-order valence-electron chi connectivity index (χ1n) is 9.23. The van der Waals surface area contributed by atoms with Crippen molar-refractivity contribution in [2.75, 3.05) is 19.6 Å². The summed E-state index contributed by atoms with van der Waals surface area (Å²) in [7, 11) is 0. The van der Waals surface area contributed by atoms with Crippen LogP contribution < -0.4 is 0 Å². The molecule has 2 saturated heterocycles. The molecule has 1 aromatic rings. The molecule has 4 rings (SSSR count). The van der Waals surface area contributed by atoms with E-state index in [9.17, 15) is 4.79 Å². The summed E-state index contributed by atoms with van der Waals surface area (Å²) in [5.41, 5.74) is 1.21. The highest BCUT2D eigenvalue weighted by atomic mass is 16.2. The highest BCUT2D eigenvalue weighted by Crippen LogP contribution is 2.38. The molecule has 23 heavy (non-hydrogen) atoms. The normalized spacial score (nSPS) is 31.3. The van der Waals surface area contributed by atoms with Crippen molar-refractivity contribution in [3.05, 3.63) is 30.1 Å². The van der Waals surface area contributed by atoms with E-state index in [1.807, 2.05) is 18.5 Å². The maximum absolute atomic E-state index is 13.1. The number of likely N-dealkylation sites (tertiary alicyclic amines) is 2. The molecule has 4 nitrogen and oxygen atoms in total. The van der Waals surface area contributed by atoms with Gasteiger partial charge in [0.25, 0.3) is 0 Å². The molecule has 0 aromatic carbocycles. The largest absolute Gasteiger partial charge is 0.341 e. The first-order valence-corrected chi connectivity index (χ1v) is 9.23. The summed E-state index contributed by atoms with van der Waals surface area (Å²) < 4.78 is 0. The van der Waals surface area contributed by atoms with Crippen molar-refractivity contribution in [2.45, 2.75) is 51.1 Å². The van der Waals surface area contributed by atoms with Gasteiger partial charge in [-0.2, -0.15) is 0 Å². The van der Waals surface area contributed by atoms with Crippen molar-refractivity contribution in [2.24, 2.45) is 11.8 Å². The minimum absolute atomic E-state index is 0.0859. The van der Waals surface area contributed by atoms with E-state index in [1.54, 1.807) is 0 Å². The van der Waals surface area contributed by atoms with E-state index in [1.165, 1.54) is 37.7 Å². The highest BCUT2D eigenvalue weighted by Gasteiger charge is 2.41. The van der Waals surface area contributed by atoms with Gasteiger partial charge in [-0.05, 0) is 55.7 Å². The van der Waals surface area contributed by atoms with E-state index in [0.29, 0.717) is 5.91 Å². The summed E-state index contributed by atoms with van der Waals surface area (Å²) >= 11 is 0. The third-order valence-electron chi connectivity index (χ3n) is 6.05. The molecular weight excluding hydrogens is 286 g/mol. The minimum Gasteiger partial charge on any atom is -0.341 e. The molecule has 1 saturated carbocycles.